The predicted molar refractivity (Wildman–Crippen MR) is 55.7 cm³/mol. The minimum atomic E-state index is 0.409. The van der Waals surface area contributed by atoms with Gasteiger partial charge in [0.2, 0.25) is 0 Å². The van der Waals surface area contributed by atoms with Crippen LogP contribution in [0.5, 0.6) is 0 Å². The average molecular weight is 170 g/mol. The maximum atomic E-state index is 4.23. The summed E-state index contributed by atoms with van der Waals surface area (Å²) in [6.45, 7) is 6.78. The summed E-state index contributed by atoms with van der Waals surface area (Å²) in [5, 5.41) is 0. The Kier molecular flexibility index (Phi) is 4.29. The molecule has 0 radical (unpaired) electrons. The second-order valence-electron chi connectivity index (χ2n) is 4.59. The summed E-state index contributed by atoms with van der Waals surface area (Å²) in [6.07, 6.45) is 2.27. The first kappa shape index (κ1) is 11.5. The van der Waals surface area contributed by atoms with E-state index in [4.69, 9.17) is 0 Å². The summed E-state index contributed by atoms with van der Waals surface area (Å²) in [4.78, 5) is 6.32. The molecule has 0 aromatic carbocycles. The largest absolute Gasteiger partial charge is 0.367 e. The van der Waals surface area contributed by atoms with E-state index in [-0.39, 0.29) is 0 Å². The molecule has 0 N–H and O–H groups in total. The van der Waals surface area contributed by atoms with Crippen LogP contribution < -0.4 is 0 Å². The van der Waals surface area contributed by atoms with Crippen molar-refractivity contribution in [1.82, 2.24) is 4.90 Å². The third kappa shape index (κ3) is 5.16. The number of aliphatic imine (C=N–C) groups is 1. The van der Waals surface area contributed by atoms with Gasteiger partial charge in [0, 0.05) is 27.6 Å². The van der Waals surface area contributed by atoms with Crippen LogP contribution in [-0.2, 0) is 0 Å². The smallest absolute Gasteiger partial charge is 0.0980 e. The van der Waals surface area contributed by atoms with Crippen molar-refractivity contribution in [2.45, 2.75) is 33.6 Å². The molecule has 0 heterocycles. The van der Waals surface area contributed by atoms with Crippen LogP contribution in [0.1, 0.15) is 33.6 Å². The first-order valence-corrected chi connectivity index (χ1v) is 4.50. The molecule has 0 fully saturated rings. The predicted octanol–water partition coefficient (Wildman–Crippen LogP) is 2.40. The van der Waals surface area contributed by atoms with Gasteiger partial charge >= 0.3 is 0 Å². The summed E-state index contributed by atoms with van der Waals surface area (Å²) in [5.41, 5.74) is 0.409. The van der Waals surface area contributed by atoms with Crippen molar-refractivity contribution in [2.24, 2.45) is 10.4 Å². The minimum absolute atomic E-state index is 0.409. The van der Waals surface area contributed by atoms with E-state index < -0.39 is 0 Å². The fourth-order valence-electron chi connectivity index (χ4n) is 1.02. The van der Waals surface area contributed by atoms with Crippen LogP contribution in [0, 0.1) is 5.41 Å². The summed E-state index contributed by atoms with van der Waals surface area (Å²) in [6, 6.07) is 0. The van der Waals surface area contributed by atoms with E-state index in [1.807, 2.05) is 21.1 Å². The third-order valence-corrected chi connectivity index (χ3v) is 1.87. The van der Waals surface area contributed by atoms with Gasteiger partial charge in [0.05, 0.1) is 5.84 Å². The Balaban J connectivity index is 3.92. The molecule has 0 aliphatic carbocycles. The number of hydrogen-bond acceptors (Lipinski definition) is 1. The molecule has 0 bridgehead atoms. The van der Waals surface area contributed by atoms with Gasteiger partial charge in [-0.05, 0) is 11.8 Å². The Labute approximate surface area is 76.7 Å². The fraction of sp³-hybridized carbons (Fsp3) is 0.900. The van der Waals surface area contributed by atoms with Gasteiger partial charge in [-0.2, -0.15) is 0 Å². The molecule has 0 atom stereocenters. The molecule has 2 nitrogen and oxygen atoms in total. The molecule has 0 aliphatic rings. The number of hydrogen-bond donors (Lipinski definition) is 0. The van der Waals surface area contributed by atoms with Crippen LogP contribution in [0.3, 0.4) is 0 Å². The van der Waals surface area contributed by atoms with Crippen molar-refractivity contribution in [3.05, 3.63) is 0 Å². The van der Waals surface area contributed by atoms with Gasteiger partial charge in [-0.1, -0.05) is 20.8 Å². The number of rotatable bonds is 2. The first-order chi connectivity index (χ1) is 5.37. The van der Waals surface area contributed by atoms with Crippen LogP contribution in [0.25, 0.3) is 0 Å². The van der Waals surface area contributed by atoms with E-state index in [2.05, 4.69) is 30.7 Å². The Morgan fingerprint density at radius 2 is 1.75 bits per heavy atom. The summed E-state index contributed by atoms with van der Waals surface area (Å²) >= 11 is 0. The summed E-state index contributed by atoms with van der Waals surface area (Å²) < 4.78 is 0. The molecule has 0 aromatic rings. The highest BCUT2D eigenvalue weighted by Gasteiger charge is 2.12. The maximum Gasteiger partial charge on any atom is 0.0980 e. The molecule has 12 heavy (non-hydrogen) atoms. The van der Waals surface area contributed by atoms with Crippen molar-refractivity contribution in [2.75, 3.05) is 21.1 Å². The lowest BCUT2D eigenvalue weighted by Gasteiger charge is -2.21. The van der Waals surface area contributed by atoms with E-state index in [1.165, 1.54) is 12.3 Å². The second-order valence-corrected chi connectivity index (χ2v) is 4.59. The lowest BCUT2D eigenvalue weighted by atomic mass is 9.90. The zero-order valence-electron chi connectivity index (χ0n) is 9.31. The van der Waals surface area contributed by atoms with Gasteiger partial charge in [0.15, 0.2) is 0 Å². The van der Waals surface area contributed by atoms with Gasteiger partial charge in [-0.25, -0.2) is 0 Å². The van der Waals surface area contributed by atoms with Crippen LogP contribution in [0.15, 0.2) is 4.99 Å². The molecule has 0 aromatic heterocycles. The van der Waals surface area contributed by atoms with Gasteiger partial charge in [-0.3, -0.25) is 4.99 Å². The molecule has 0 rings (SSSR count). The van der Waals surface area contributed by atoms with Gasteiger partial charge in [0.25, 0.3) is 0 Å². The molecule has 72 valence electrons. The van der Waals surface area contributed by atoms with Crippen LogP contribution in [0.4, 0.5) is 0 Å². The van der Waals surface area contributed by atoms with Crippen molar-refractivity contribution in [3.8, 4) is 0 Å². The van der Waals surface area contributed by atoms with Crippen LogP contribution in [0.2, 0.25) is 0 Å². The Bertz CT molecular complexity index is 152. The first-order valence-electron chi connectivity index (χ1n) is 4.50. The maximum absolute atomic E-state index is 4.23. The minimum Gasteiger partial charge on any atom is -0.367 e. The molecule has 0 aliphatic heterocycles. The lowest BCUT2D eigenvalue weighted by molar-refractivity contribution is 0.379. The molecule has 0 saturated heterocycles. The molecule has 0 amide bonds. The summed E-state index contributed by atoms with van der Waals surface area (Å²) in [5.74, 6) is 1.19. The van der Waals surface area contributed by atoms with E-state index >= 15 is 0 Å². The lowest BCUT2D eigenvalue weighted by Crippen LogP contribution is -2.23. The summed E-state index contributed by atoms with van der Waals surface area (Å²) in [7, 11) is 5.95. The highest BCUT2D eigenvalue weighted by Crippen LogP contribution is 2.20. The monoisotopic (exact) mass is 170 g/mol. The Morgan fingerprint density at radius 3 is 2.00 bits per heavy atom. The fourth-order valence-corrected chi connectivity index (χ4v) is 1.02. The molecule has 0 saturated carbocycles. The van der Waals surface area contributed by atoms with E-state index in [1.54, 1.807) is 0 Å². The molecule has 2 heteroatoms. The van der Waals surface area contributed by atoms with Gasteiger partial charge < -0.3 is 4.90 Å². The molecular weight excluding hydrogens is 148 g/mol. The molecule has 0 unspecified atom stereocenters. The van der Waals surface area contributed by atoms with Gasteiger partial charge in [0.1, 0.15) is 0 Å². The SMILES string of the molecule is CN=C(CCC(C)(C)C)N(C)C. The van der Waals surface area contributed by atoms with Crippen molar-refractivity contribution >= 4 is 5.84 Å². The highest BCUT2D eigenvalue weighted by atomic mass is 15.1. The van der Waals surface area contributed by atoms with Gasteiger partial charge in [-0.15, -0.1) is 0 Å². The van der Waals surface area contributed by atoms with E-state index in [0.29, 0.717) is 5.41 Å². The highest BCUT2D eigenvalue weighted by molar-refractivity contribution is 5.81. The van der Waals surface area contributed by atoms with Crippen molar-refractivity contribution in [3.63, 3.8) is 0 Å². The second kappa shape index (κ2) is 4.48. The third-order valence-electron chi connectivity index (χ3n) is 1.87. The van der Waals surface area contributed by atoms with Crippen molar-refractivity contribution < 1.29 is 0 Å². The van der Waals surface area contributed by atoms with Crippen molar-refractivity contribution in [1.29, 1.82) is 0 Å². The Morgan fingerprint density at radius 1 is 1.25 bits per heavy atom. The molecular formula is C10H22N2. The number of amidine groups is 1. The molecule has 0 spiro atoms. The van der Waals surface area contributed by atoms with E-state index in [0.717, 1.165) is 6.42 Å². The van der Waals surface area contributed by atoms with Crippen LogP contribution >= 0.6 is 0 Å². The van der Waals surface area contributed by atoms with E-state index in [9.17, 15) is 0 Å². The van der Waals surface area contributed by atoms with Crippen LogP contribution in [-0.4, -0.2) is 31.9 Å². The zero-order valence-corrected chi connectivity index (χ0v) is 9.31. The normalized spacial score (nSPS) is 13.3. The number of nitrogens with zero attached hydrogens (tertiary/aromatic N) is 2. The quantitative estimate of drug-likeness (QED) is 0.459. The zero-order chi connectivity index (χ0) is 9.78. The standard InChI is InChI=1S/C10H22N2/c1-10(2,3)8-7-9(11-4)12(5)6/h7-8H2,1-6H3. The topological polar surface area (TPSA) is 15.6 Å². The Hall–Kier alpha value is -0.530. The average Bonchev–Trinajstić information content (AvgIpc) is 1.85.